The van der Waals surface area contributed by atoms with Crippen LogP contribution in [0.4, 0.5) is 10.1 Å². The predicted molar refractivity (Wildman–Crippen MR) is 61.9 cm³/mol. The number of hydrogen-bond acceptors (Lipinski definition) is 3. The van der Waals surface area contributed by atoms with Crippen molar-refractivity contribution in [2.24, 2.45) is 5.73 Å². The van der Waals surface area contributed by atoms with Crippen molar-refractivity contribution in [1.82, 2.24) is 0 Å². The molecule has 0 spiro atoms. The fourth-order valence-electron chi connectivity index (χ4n) is 2.09. The minimum Gasteiger partial charge on any atom is -0.380 e. The van der Waals surface area contributed by atoms with E-state index in [0.717, 1.165) is 30.8 Å². The molecule has 1 aliphatic rings. The number of halogens is 1. The number of hydrogen-bond donors (Lipinski definition) is 1. The fourth-order valence-corrected chi connectivity index (χ4v) is 2.09. The summed E-state index contributed by atoms with van der Waals surface area (Å²) >= 11 is 0. The number of nitrogens with zero attached hydrogens (tertiary/aromatic N) is 1. The summed E-state index contributed by atoms with van der Waals surface area (Å²) in [7, 11) is 1.71. The predicted octanol–water partition coefficient (Wildman–Crippen LogP) is 1.51. The Hall–Kier alpha value is -1.13. The van der Waals surface area contributed by atoms with Crippen molar-refractivity contribution in [3.63, 3.8) is 0 Å². The van der Waals surface area contributed by atoms with Crippen molar-refractivity contribution in [2.45, 2.75) is 19.1 Å². The van der Waals surface area contributed by atoms with Gasteiger partial charge in [0.2, 0.25) is 0 Å². The molecule has 88 valence electrons. The number of nitrogens with two attached hydrogens (primary N) is 1. The van der Waals surface area contributed by atoms with Crippen LogP contribution in [-0.4, -0.2) is 26.3 Å². The van der Waals surface area contributed by atoms with Gasteiger partial charge in [0.1, 0.15) is 5.82 Å². The van der Waals surface area contributed by atoms with Crippen molar-refractivity contribution < 1.29 is 9.13 Å². The van der Waals surface area contributed by atoms with E-state index in [9.17, 15) is 4.39 Å². The molecule has 3 nitrogen and oxygen atoms in total. The third kappa shape index (κ3) is 2.33. The van der Waals surface area contributed by atoms with Crippen molar-refractivity contribution >= 4 is 5.69 Å². The number of benzene rings is 1. The second-order valence-corrected chi connectivity index (χ2v) is 4.11. The van der Waals surface area contributed by atoms with Crippen molar-refractivity contribution in [3.05, 3.63) is 29.6 Å². The zero-order chi connectivity index (χ0) is 11.5. The summed E-state index contributed by atoms with van der Waals surface area (Å²) in [6, 6.07) is 4.98. The highest BCUT2D eigenvalue weighted by atomic mass is 19.1. The van der Waals surface area contributed by atoms with Gasteiger partial charge in [0.25, 0.3) is 0 Å². The van der Waals surface area contributed by atoms with Gasteiger partial charge < -0.3 is 15.4 Å². The summed E-state index contributed by atoms with van der Waals surface area (Å²) in [5.74, 6) is -0.223. The smallest absolute Gasteiger partial charge is 0.125 e. The van der Waals surface area contributed by atoms with E-state index < -0.39 is 0 Å². The first-order valence-electron chi connectivity index (χ1n) is 5.50. The van der Waals surface area contributed by atoms with Crippen LogP contribution in [0.3, 0.4) is 0 Å². The Kier molecular flexibility index (Phi) is 3.41. The van der Waals surface area contributed by atoms with Gasteiger partial charge in [-0.3, -0.25) is 0 Å². The number of anilines is 1. The van der Waals surface area contributed by atoms with Gasteiger partial charge in [-0.05, 0) is 30.2 Å². The van der Waals surface area contributed by atoms with Crippen LogP contribution in [0, 0.1) is 5.82 Å². The molecule has 0 saturated carbocycles. The highest BCUT2D eigenvalue weighted by molar-refractivity contribution is 5.50. The highest BCUT2D eigenvalue weighted by Crippen LogP contribution is 2.23. The lowest BCUT2D eigenvalue weighted by Crippen LogP contribution is -2.22. The molecule has 1 aromatic carbocycles. The minimum absolute atomic E-state index is 0.223. The molecule has 0 amide bonds. The van der Waals surface area contributed by atoms with Crippen molar-refractivity contribution in [1.29, 1.82) is 0 Å². The van der Waals surface area contributed by atoms with Gasteiger partial charge in [-0.25, -0.2) is 4.39 Å². The van der Waals surface area contributed by atoms with Gasteiger partial charge >= 0.3 is 0 Å². The van der Waals surface area contributed by atoms with Crippen molar-refractivity contribution in [2.75, 3.05) is 25.1 Å². The molecule has 1 unspecified atom stereocenters. The summed E-state index contributed by atoms with van der Waals surface area (Å²) in [5.41, 5.74) is 7.26. The lowest BCUT2D eigenvalue weighted by atomic mass is 10.2. The van der Waals surface area contributed by atoms with Gasteiger partial charge in [0.15, 0.2) is 0 Å². The largest absolute Gasteiger partial charge is 0.380 e. The molecule has 0 aromatic heterocycles. The zero-order valence-electron chi connectivity index (χ0n) is 9.45. The first-order chi connectivity index (χ1) is 7.72. The summed E-state index contributed by atoms with van der Waals surface area (Å²) in [6.07, 6.45) is 1.25. The molecule has 2 rings (SSSR count). The van der Waals surface area contributed by atoms with Crippen molar-refractivity contribution in [3.8, 4) is 0 Å². The third-order valence-electron chi connectivity index (χ3n) is 3.02. The highest BCUT2D eigenvalue weighted by Gasteiger charge is 2.22. The molecule has 4 heteroatoms. The summed E-state index contributed by atoms with van der Waals surface area (Å²) in [5, 5.41) is 0. The number of rotatable bonds is 3. The number of methoxy groups -OCH3 is 1. The Labute approximate surface area is 95.0 Å². The van der Waals surface area contributed by atoms with Crippen LogP contribution >= 0.6 is 0 Å². The van der Waals surface area contributed by atoms with Crippen LogP contribution < -0.4 is 10.6 Å². The van der Waals surface area contributed by atoms with Crippen LogP contribution in [0.2, 0.25) is 0 Å². The first kappa shape index (κ1) is 11.4. The molecular formula is C12H17FN2O. The van der Waals surface area contributed by atoms with E-state index >= 15 is 0 Å². The fraction of sp³-hybridized carbons (Fsp3) is 0.500. The molecule has 1 aromatic rings. The summed E-state index contributed by atoms with van der Waals surface area (Å²) < 4.78 is 18.6. The molecule has 16 heavy (non-hydrogen) atoms. The second-order valence-electron chi connectivity index (χ2n) is 4.11. The van der Waals surface area contributed by atoms with Crippen LogP contribution in [0.5, 0.6) is 0 Å². The van der Waals surface area contributed by atoms with Crippen LogP contribution in [0.25, 0.3) is 0 Å². The zero-order valence-corrected chi connectivity index (χ0v) is 9.45. The lowest BCUT2D eigenvalue weighted by Gasteiger charge is -2.19. The maximum absolute atomic E-state index is 13.3. The topological polar surface area (TPSA) is 38.5 Å². The van der Waals surface area contributed by atoms with Crippen LogP contribution in [0.1, 0.15) is 12.0 Å². The molecule has 0 radical (unpaired) electrons. The van der Waals surface area contributed by atoms with E-state index in [4.69, 9.17) is 10.5 Å². The summed E-state index contributed by atoms with van der Waals surface area (Å²) in [4.78, 5) is 2.14. The molecule has 1 saturated heterocycles. The Morgan fingerprint density at radius 3 is 2.94 bits per heavy atom. The number of ether oxygens (including phenoxy) is 1. The third-order valence-corrected chi connectivity index (χ3v) is 3.02. The normalized spacial score (nSPS) is 20.4. The van der Waals surface area contributed by atoms with Gasteiger partial charge in [0.05, 0.1) is 6.10 Å². The quantitative estimate of drug-likeness (QED) is 0.845. The van der Waals surface area contributed by atoms with Gasteiger partial charge in [-0.15, -0.1) is 0 Å². The van der Waals surface area contributed by atoms with E-state index in [1.165, 1.54) is 6.07 Å². The first-order valence-corrected chi connectivity index (χ1v) is 5.50. The average molecular weight is 224 g/mol. The van der Waals surface area contributed by atoms with Gasteiger partial charge in [-0.1, -0.05) is 0 Å². The monoisotopic (exact) mass is 224 g/mol. The molecule has 2 N–H and O–H groups in total. The summed E-state index contributed by atoms with van der Waals surface area (Å²) in [6.45, 7) is 2.10. The molecular weight excluding hydrogens is 207 g/mol. The molecule has 1 heterocycles. The standard InChI is InChI=1S/C12H17FN2O/c1-16-12-2-3-15(8-12)11-5-9(7-14)4-10(13)6-11/h4-6,12H,2-3,7-8,14H2,1H3. The van der Waals surface area contributed by atoms with E-state index in [-0.39, 0.29) is 11.9 Å². The Morgan fingerprint density at radius 2 is 2.31 bits per heavy atom. The molecule has 0 aliphatic carbocycles. The maximum Gasteiger partial charge on any atom is 0.125 e. The molecule has 1 fully saturated rings. The maximum atomic E-state index is 13.3. The van der Waals surface area contributed by atoms with E-state index in [1.54, 1.807) is 13.2 Å². The van der Waals surface area contributed by atoms with Gasteiger partial charge in [-0.2, -0.15) is 0 Å². The molecule has 0 bridgehead atoms. The van der Waals surface area contributed by atoms with Gasteiger partial charge in [0, 0.05) is 32.4 Å². The Morgan fingerprint density at radius 1 is 1.50 bits per heavy atom. The SMILES string of the molecule is COC1CCN(c2cc(F)cc(CN)c2)C1. The van der Waals surface area contributed by atoms with E-state index in [2.05, 4.69) is 4.90 Å². The van der Waals surface area contributed by atoms with Crippen LogP contribution in [-0.2, 0) is 11.3 Å². The minimum atomic E-state index is -0.223. The average Bonchev–Trinajstić information content (AvgIpc) is 2.76. The Balaban J connectivity index is 2.17. The van der Waals surface area contributed by atoms with E-state index in [1.807, 2.05) is 6.07 Å². The molecule has 1 aliphatic heterocycles. The van der Waals surface area contributed by atoms with E-state index in [0.29, 0.717) is 6.54 Å². The lowest BCUT2D eigenvalue weighted by molar-refractivity contribution is 0.121. The van der Waals surface area contributed by atoms with Crippen LogP contribution in [0.15, 0.2) is 18.2 Å². The Bertz CT molecular complexity index is 370. The second kappa shape index (κ2) is 4.80. The molecule has 1 atom stereocenters.